The van der Waals surface area contributed by atoms with Crippen molar-refractivity contribution in [3.63, 3.8) is 0 Å². The van der Waals surface area contributed by atoms with Crippen molar-refractivity contribution >= 4 is 38.9 Å². The van der Waals surface area contributed by atoms with E-state index >= 15 is 0 Å². The van der Waals surface area contributed by atoms with Crippen LogP contribution in [-0.2, 0) is 16.4 Å². The zero-order valence-electron chi connectivity index (χ0n) is 21.5. The van der Waals surface area contributed by atoms with Gasteiger partial charge in [-0.05, 0) is 79.4 Å². The predicted molar refractivity (Wildman–Crippen MR) is 153 cm³/mol. The molecule has 1 heterocycles. The predicted octanol–water partition coefficient (Wildman–Crippen LogP) is 5.09. The van der Waals surface area contributed by atoms with Crippen LogP contribution in [0.2, 0.25) is 5.02 Å². The number of aryl methyl sites for hydroxylation is 1. The highest BCUT2D eigenvalue weighted by molar-refractivity contribution is 7.89. The van der Waals surface area contributed by atoms with Crippen molar-refractivity contribution in [3.8, 4) is 0 Å². The summed E-state index contributed by atoms with van der Waals surface area (Å²) in [5.41, 5.74) is 3.74. The molecule has 0 bridgehead atoms. The van der Waals surface area contributed by atoms with Crippen LogP contribution in [0.25, 0.3) is 0 Å². The summed E-state index contributed by atoms with van der Waals surface area (Å²) in [6, 6.07) is 19.5. The molecule has 200 valence electrons. The summed E-state index contributed by atoms with van der Waals surface area (Å²) in [4.78, 5) is 17.5. The Hall–Kier alpha value is -2.91. The Morgan fingerprint density at radius 1 is 1.00 bits per heavy atom. The molecule has 1 amide bonds. The molecule has 2 N–H and O–H groups in total. The van der Waals surface area contributed by atoms with Crippen molar-refractivity contribution in [2.75, 3.05) is 42.9 Å². The van der Waals surface area contributed by atoms with Gasteiger partial charge in [0.1, 0.15) is 4.90 Å². The minimum absolute atomic E-state index is 0.180. The summed E-state index contributed by atoms with van der Waals surface area (Å²) in [7, 11) is -3.90. The lowest BCUT2D eigenvalue weighted by Crippen LogP contribution is -2.46. The van der Waals surface area contributed by atoms with Gasteiger partial charge in [0.05, 0.1) is 5.69 Å². The number of likely N-dealkylation sites (N-methyl/N-ethyl adjacent to an activating group) is 1. The lowest BCUT2D eigenvalue weighted by molar-refractivity contribution is 0.102. The molecule has 1 aliphatic carbocycles. The van der Waals surface area contributed by atoms with E-state index in [0.29, 0.717) is 22.0 Å². The molecule has 0 aromatic heterocycles. The van der Waals surface area contributed by atoms with Gasteiger partial charge < -0.3 is 15.1 Å². The number of hydrogen-bond acceptors (Lipinski definition) is 5. The molecule has 9 heteroatoms. The quantitative estimate of drug-likeness (QED) is 0.427. The molecular formula is C29H33ClN4O3S. The Kier molecular flexibility index (Phi) is 8.04. The maximum atomic E-state index is 14.0. The van der Waals surface area contributed by atoms with Crippen LogP contribution in [0.1, 0.15) is 47.3 Å². The summed E-state index contributed by atoms with van der Waals surface area (Å²) in [5, 5.41) is 3.39. The van der Waals surface area contributed by atoms with E-state index < -0.39 is 10.0 Å². The van der Waals surface area contributed by atoms with Gasteiger partial charge in [0, 0.05) is 48.5 Å². The van der Waals surface area contributed by atoms with Crippen LogP contribution in [-0.4, -0.2) is 51.9 Å². The molecule has 1 fully saturated rings. The molecule has 0 spiro atoms. The minimum Gasteiger partial charge on any atom is -0.368 e. The molecule has 7 nitrogen and oxygen atoms in total. The van der Waals surface area contributed by atoms with E-state index in [1.807, 2.05) is 24.3 Å². The van der Waals surface area contributed by atoms with E-state index in [0.717, 1.165) is 57.5 Å². The average molecular weight is 553 g/mol. The number of carbonyl (C=O) groups excluding carboxylic acids is 1. The summed E-state index contributed by atoms with van der Waals surface area (Å²) in [6.45, 7) is 6.31. The van der Waals surface area contributed by atoms with Gasteiger partial charge in [-0.1, -0.05) is 42.8 Å². The third-order valence-corrected chi connectivity index (χ3v) is 9.19. The standard InChI is InChI=1S/C29H33ClN4O3S/c1-2-33-16-18-34(19-17-33)27-15-14-24(31-29(35)22-10-12-23(30)13-11-22)20-28(27)38(36,37)32-26-9-5-7-21-6-3-4-8-25(21)26/h3-4,6,8,10-15,20,26,32H,2,5,7,9,16-19H2,1H3,(H,31,35)/t26-/m0/s1. The SMILES string of the molecule is CCN1CCN(c2ccc(NC(=O)c3ccc(Cl)cc3)cc2S(=O)(=O)N[C@H]2CCCc3ccccc32)CC1. The molecule has 1 atom stereocenters. The second-order valence-electron chi connectivity index (χ2n) is 9.83. The van der Waals surface area contributed by atoms with E-state index in [1.54, 1.807) is 36.4 Å². The lowest BCUT2D eigenvalue weighted by atomic mass is 9.88. The van der Waals surface area contributed by atoms with Crippen LogP contribution in [0, 0.1) is 0 Å². The first-order chi connectivity index (χ1) is 18.3. The van der Waals surface area contributed by atoms with Crippen molar-refractivity contribution in [1.82, 2.24) is 9.62 Å². The van der Waals surface area contributed by atoms with Crippen LogP contribution in [0.4, 0.5) is 11.4 Å². The van der Waals surface area contributed by atoms with E-state index in [-0.39, 0.29) is 16.8 Å². The summed E-state index contributed by atoms with van der Waals surface area (Å²) in [6.07, 6.45) is 2.62. The minimum atomic E-state index is -3.90. The highest BCUT2D eigenvalue weighted by atomic mass is 35.5. The third-order valence-electron chi connectivity index (χ3n) is 7.44. The van der Waals surface area contributed by atoms with Gasteiger partial charge >= 0.3 is 0 Å². The van der Waals surface area contributed by atoms with Crippen LogP contribution >= 0.6 is 11.6 Å². The number of fused-ring (bicyclic) bond motifs is 1. The number of piperazine rings is 1. The highest BCUT2D eigenvalue weighted by Gasteiger charge is 2.30. The number of halogens is 1. The number of nitrogens with zero attached hydrogens (tertiary/aromatic N) is 2. The zero-order valence-corrected chi connectivity index (χ0v) is 23.1. The maximum absolute atomic E-state index is 14.0. The fraction of sp³-hybridized carbons (Fsp3) is 0.345. The first-order valence-corrected chi connectivity index (χ1v) is 15.0. The van der Waals surface area contributed by atoms with Crippen molar-refractivity contribution in [3.05, 3.63) is 88.4 Å². The van der Waals surface area contributed by atoms with Crippen LogP contribution < -0.4 is 14.9 Å². The molecule has 1 saturated heterocycles. The Labute approximate surface area is 229 Å². The number of anilines is 2. The normalized spacial score (nSPS) is 18.2. The van der Waals surface area contributed by atoms with Gasteiger partial charge in [0.25, 0.3) is 5.91 Å². The van der Waals surface area contributed by atoms with Gasteiger partial charge in [-0.2, -0.15) is 0 Å². The maximum Gasteiger partial charge on any atom is 0.255 e. The van der Waals surface area contributed by atoms with Crippen molar-refractivity contribution in [2.45, 2.75) is 37.1 Å². The largest absolute Gasteiger partial charge is 0.368 e. The molecule has 0 saturated carbocycles. The molecule has 1 aliphatic heterocycles. The number of sulfonamides is 1. The van der Waals surface area contributed by atoms with E-state index in [9.17, 15) is 13.2 Å². The fourth-order valence-electron chi connectivity index (χ4n) is 5.31. The van der Waals surface area contributed by atoms with E-state index in [1.165, 1.54) is 5.56 Å². The zero-order chi connectivity index (χ0) is 26.7. The van der Waals surface area contributed by atoms with Crippen molar-refractivity contribution in [2.24, 2.45) is 0 Å². The first kappa shape index (κ1) is 26.7. The topological polar surface area (TPSA) is 81.8 Å². The molecule has 0 radical (unpaired) electrons. The van der Waals surface area contributed by atoms with Gasteiger partial charge in [0.15, 0.2) is 0 Å². The van der Waals surface area contributed by atoms with Gasteiger partial charge in [-0.25, -0.2) is 13.1 Å². The monoisotopic (exact) mass is 552 g/mol. The fourth-order valence-corrected chi connectivity index (χ4v) is 6.93. The number of benzene rings is 3. The van der Waals surface area contributed by atoms with Gasteiger partial charge in [0.2, 0.25) is 10.0 Å². The number of hydrogen-bond donors (Lipinski definition) is 2. The molecule has 3 aromatic rings. The Bertz CT molecular complexity index is 1400. The number of carbonyl (C=O) groups is 1. The second kappa shape index (κ2) is 11.5. The van der Waals surface area contributed by atoms with Crippen LogP contribution in [0.15, 0.2) is 71.6 Å². The Morgan fingerprint density at radius 2 is 1.74 bits per heavy atom. The van der Waals surface area contributed by atoms with Crippen molar-refractivity contribution in [1.29, 1.82) is 0 Å². The highest BCUT2D eigenvalue weighted by Crippen LogP contribution is 2.34. The van der Waals surface area contributed by atoms with E-state index in [4.69, 9.17) is 11.6 Å². The summed E-state index contributed by atoms with van der Waals surface area (Å²) in [5.74, 6) is -0.330. The Morgan fingerprint density at radius 3 is 2.47 bits per heavy atom. The number of amides is 1. The molecule has 38 heavy (non-hydrogen) atoms. The summed E-state index contributed by atoms with van der Waals surface area (Å²) >= 11 is 5.96. The summed E-state index contributed by atoms with van der Waals surface area (Å²) < 4.78 is 30.9. The lowest BCUT2D eigenvalue weighted by Gasteiger charge is -2.36. The van der Waals surface area contributed by atoms with Crippen molar-refractivity contribution < 1.29 is 13.2 Å². The Balaban J connectivity index is 1.47. The average Bonchev–Trinajstić information content (AvgIpc) is 2.93. The molecule has 5 rings (SSSR count). The molecular weight excluding hydrogens is 520 g/mol. The second-order valence-corrected chi connectivity index (χ2v) is 11.9. The molecule has 0 unspecified atom stereocenters. The molecule has 2 aliphatic rings. The van der Waals surface area contributed by atoms with Crippen LogP contribution in [0.3, 0.4) is 0 Å². The van der Waals surface area contributed by atoms with E-state index in [2.05, 4.69) is 32.8 Å². The smallest absolute Gasteiger partial charge is 0.255 e. The molecule has 3 aromatic carbocycles. The van der Waals surface area contributed by atoms with Crippen LogP contribution in [0.5, 0.6) is 0 Å². The number of rotatable bonds is 7. The number of nitrogens with one attached hydrogen (secondary N) is 2. The van der Waals surface area contributed by atoms with Gasteiger partial charge in [-0.3, -0.25) is 4.79 Å². The third kappa shape index (κ3) is 5.89. The first-order valence-electron chi connectivity index (χ1n) is 13.1. The van der Waals surface area contributed by atoms with Gasteiger partial charge in [-0.15, -0.1) is 0 Å².